The lowest BCUT2D eigenvalue weighted by molar-refractivity contribution is -0.132. The first-order chi connectivity index (χ1) is 8.64. The molecule has 18 heavy (non-hydrogen) atoms. The molecule has 2 heteroatoms. The van der Waals surface area contributed by atoms with Gasteiger partial charge in [-0.25, -0.2) is 0 Å². The fraction of sp³-hybridized carbons (Fsp3) is 0.812. The third kappa shape index (κ3) is 4.15. The Morgan fingerprint density at radius 1 is 1.22 bits per heavy atom. The third-order valence-corrected chi connectivity index (χ3v) is 4.28. The van der Waals surface area contributed by atoms with Crippen molar-refractivity contribution in [3.63, 3.8) is 0 Å². The summed E-state index contributed by atoms with van der Waals surface area (Å²) in [5.74, 6) is 0.208. The second-order valence-corrected chi connectivity index (χ2v) is 5.70. The van der Waals surface area contributed by atoms with Crippen LogP contribution in [-0.4, -0.2) is 22.9 Å². The van der Waals surface area contributed by atoms with Gasteiger partial charge < -0.3 is 4.90 Å². The standard InChI is InChI=1S/C16H29NO/c1-4-6-7-8-10-13-16(3,5-2)17-14-11-9-12-15(17)18/h9,12H,4-8,10-11,13-14H2,1-3H3. The van der Waals surface area contributed by atoms with Gasteiger partial charge in [-0.3, -0.25) is 4.79 Å². The van der Waals surface area contributed by atoms with Crippen molar-refractivity contribution in [1.29, 1.82) is 0 Å². The second-order valence-electron chi connectivity index (χ2n) is 5.70. The molecule has 1 aliphatic heterocycles. The van der Waals surface area contributed by atoms with Crippen LogP contribution in [0.4, 0.5) is 0 Å². The van der Waals surface area contributed by atoms with Crippen molar-refractivity contribution in [3.8, 4) is 0 Å². The topological polar surface area (TPSA) is 20.3 Å². The first-order valence-corrected chi connectivity index (χ1v) is 7.62. The Hall–Kier alpha value is -0.790. The van der Waals surface area contributed by atoms with Gasteiger partial charge in [-0.2, -0.15) is 0 Å². The van der Waals surface area contributed by atoms with Crippen LogP contribution in [0, 0.1) is 0 Å². The number of hydrogen-bond donors (Lipinski definition) is 0. The van der Waals surface area contributed by atoms with E-state index < -0.39 is 0 Å². The van der Waals surface area contributed by atoms with E-state index >= 15 is 0 Å². The molecule has 1 unspecified atom stereocenters. The third-order valence-electron chi connectivity index (χ3n) is 4.28. The van der Waals surface area contributed by atoms with E-state index in [0.717, 1.165) is 25.8 Å². The lowest BCUT2D eigenvalue weighted by Gasteiger charge is -2.42. The summed E-state index contributed by atoms with van der Waals surface area (Å²) in [4.78, 5) is 14.1. The zero-order chi connectivity index (χ0) is 13.4. The second kappa shape index (κ2) is 7.60. The molecule has 0 aromatic heterocycles. The van der Waals surface area contributed by atoms with Crippen molar-refractivity contribution >= 4 is 5.91 Å². The summed E-state index contributed by atoms with van der Waals surface area (Å²) in [5, 5.41) is 0. The van der Waals surface area contributed by atoms with Crippen molar-refractivity contribution < 1.29 is 4.79 Å². The first-order valence-electron chi connectivity index (χ1n) is 7.62. The molecule has 104 valence electrons. The highest BCUT2D eigenvalue weighted by Crippen LogP contribution is 2.28. The largest absolute Gasteiger partial charge is 0.333 e. The van der Waals surface area contributed by atoms with Gasteiger partial charge in [0, 0.05) is 12.1 Å². The highest BCUT2D eigenvalue weighted by atomic mass is 16.2. The van der Waals surface area contributed by atoms with E-state index in [1.54, 1.807) is 6.08 Å². The molecule has 1 amide bonds. The van der Waals surface area contributed by atoms with Gasteiger partial charge >= 0.3 is 0 Å². The van der Waals surface area contributed by atoms with Gasteiger partial charge in [0.1, 0.15) is 0 Å². The molecule has 1 heterocycles. The van der Waals surface area contributed by atoms with Crippen LogP contribution in [0.1, 0.15) is 72.1 Å². The van der Waals surface area contributed by atoms with E-state index in [1.165, 1.54) is 32.1 Å². The first kappa shape index (κ1) is 15.3. The summed E-state index contributed by atoms with van der Waals surface area (Å²) < 4.78 is 0. The predicted molar refractivity (Wildman–Crippen MR) is 77.5 cm³/mol. The van der Waals surface area contributed by atoms with Crippen molar-refractivity contribution in [2.24, 2.45) is 0 Å². The molecule has 0 radical (unpaired) electrons. The monoisotopic (exact) mass is 251 g/mol. The van der Waals surface area contributed by atoms with Crippen molar-refractivity contribution in [2.45, 2.75) is 77.7 Å². The van der Waals surface area contributed by atoms with Crippen LogP contribution in [0.5, 0.6) is 0 Å². The molecule has 0 aliphatic carbocycles. The summed E-state index contributed by atoms with van der Waals surface area (Å²) in [6.45, 7) is 7.60. The minimum Gasteiger partial charge on any atom is -0.333 e. The molecule has 2 nitrogen and oxygen atoms in total. The average molecular weight is 251 g/mol. The SMILES string of the molecule is CCCCCCCC(C)(CC)N1CCC=CC1=O. The lowest BCUT2D eigenvalue weighted by Crippen LogP contribution is -2.50. The van der Waals surface area contributed by atoms with Crippen LogP contribution in [0.2, 0.25) is 0 Å². The number of amides is 1. The Balaban J connectivity index is 2.45. The predicted octanol–water partition coefficient (Wildman–Crippen LogP) is 4.30. The van der Waals surface area contributed by atoms with Crippen molar-refractivity contribution in [3.05, 3.63) is 12.2 Å². The van der Waals surface area contributed by atoms with E-state index in [0.29, 0.717) is 0 Å². The molecule has 1 aliphatic rings. The van der Waals surface area contributed by atoms with Crippen molar-refractivity contribution in [2.75, 3.05) is 6.54 Å². The summed E-state index contributed by atoms with van der Waals surface area (Å²) in [6, 6.07) is 0. The number of hydrogen-bond acceptors (Lipinski definition) is 1. The Morgan fingerprint density at radius 3 is 2.56 bits per heavy atom. The van der Waals surface area contributed by atoms with Gasteiger partial charge in [-0.15, -0.1) is 0 Å². The van der Waals surface area contributed by atoms with E-state index in [-0.39, 0.29) is 11.4 Å². The lowest BCUT2D eigenvalue weighted by atomic mass is 9.88. The zero-order valence-corrected chi connectivity index (χ0v) is 12.4. The Bertz CT molecular complexity index is 285. The van der Waals surface area contributed by atoms with E-state index in [9.17, 15) is 4.79 Å². The fourth-order valence-electron chi connectivity index (χ4n) is 2.74. The molecule has 1 atom stereocenters. The number of carbonyl (C=O) groups is 1. The maximum absolute atomic E-state index is 12.0. The Labute approximate surface area is 112 Å². The molecular formula is C16H29NO. The minimum absolute atomic E-state index is 0.0635. The maximum atomic E-state index is 12.0. The quantitative estimate of drug-likeness (QED) is 0.589. The molecule has 0 spiro atoms. The van der Waals surface area contributed by atoms with Gasteiger partial charge in [0.25, 0.3) is 0 Å². The van der Waals surface area contributed by atoms with Crippen LogP contribution in [0.25, 0.3) is 0 Å². The molecule has 0 aromatic carbocycles. The molecule has 0 fully saturated rings. The number of unbranched alkanes of at least 4 members (excludes halogenated alkanes) is 4. The van der Waals surface area contributed by atoms with Crippen LogP contribution in [0.15, 0.2) is 12.2 Å². The molecule has 0 saturated heterocycles. The number of nitrogens with zero attached hydrogens (tertiary/aromatic N) is 1. The summed E-state index contributed by atoms with van der Waals surface area (Å²) in [7, 11) is 0. The highest BCUT2D eigenvalue weighted by molar-refractivity contribution is 5.88. The summed E-state index contributed by atoms with van der Waals surface area (Å²) >= 11 is 0. The molecule has 0 bridgehead atoms. The molecule has 1 rings (SSSR count). The zero-order valence-electron chi connectivity index (χ0n) is 12.4. The van der Waals surface area contributed by atoms with Crippen LogP contribution in [-0.2, 0) is 4.79 Å². The molecule has 0 N–H and O–H groups in total. The van der Waals surface area contributed by atoms with Crippen molar-refractivity contribution in [1.82, 2.24) is 4.90 Å². The van der Waals surface area contributed by atoms with Crippen LogP contribution >= 0.6 is 0 Å². The van der Waals surface area contributed by atoms with Gasteiger partial charge in [0.2, 0.25) is 5.91 Å². The molecule has 0 saturated carbocycles. The van der Waals surface area contributed by atoms with E-state index in [2.05, 4.69) is 25.7 Å². The van der Waals surface area contributed by atoms with Crippen LogP contribution < -0.4 is 0 Å². The Morgan fingerprint density at radius 2 is 1.94 bits per heavy atom. The van der Waals surface area contributed by atoms with Crippen LogP contribution in [0.3, 0.4) is 0 Å². The van der Waals surface area contributed by atoms with Gasteiger partial charge in [0.05, 0.1) is 0 Å². The highest BCUT2D eigenvalue weighted by Gasteiger charge is 2.32. The minimum atomic E-state index is 0.0635. The molecule has 0 aromatic rings. The maximum Gasteiger partial charge on any atom is 0.246 e. The van der Waals surface area contributed by atoms with Gasteiger partial charge in [-0.1, -0.05) is 52.0 Å². The summed E-state index contributed by atoms with van der Waals surface area (Å²) in [5.41, 5.74) is 0.0635. The van der Waals surface area contributed by atoms with E-state index in [4.69, 9.17) is 0 Å². The molecular weight excluding hydrogens is 222 g/mol. The van der Waals surface area contributed by atoms with Gasteiger partial charge in [-0.05, 0) is 32.3 Å². The smallest absolute Gasteiger partial charge is 0.246 e. The van der Waals surface area contributed by atoms with E-state index in [1.807, 2.05) is 6.08 Å². The fourth-order valence-corrected chi connectivity index (χ4v) is 2.74. The average Bonchev–Trinajstić information content (AvgIpc) is 2.39. The number of rotatable bonds is 8. The Kier molecular flexibility index (Phi) is 6.45. The normalized spacial score (nSPS) is 19.1. The summed E-state index contributed by atoms with van der Waals surface area (Å²) in [6.07, 6.45) is 13.5. The van der Waals surface area contributed by atoms with Gasteiger partial charge in [0.15, 0.2) is 0 Å². The number of carbonyl (C=O) groups excluding carboxylic acids is 1.